The number of benzene rings is 2. The summed E-state index contributed by atoms with van der Waals surface area (Å²) in [6, 6.07) is 14.5. The van der Waals surface area contributed by atoms with Crippen LogP contribution < -0.4 is 14.4 Å². The highest BCUT2D eigenvalue weighted by Crippen LogP contribution is 2.38. The standard InChI is InChI=1S/C24H22ClNO5/c1-29-22-11-18(8-9-20(22)30-13-19(27)14-2-3-14)26-12-16-10-21(31-23(16)24(26)28)15-4-6-17(25)7-5-15/h4-11,14,19,27H,2-3,12-13H2,1H3/t19-/m0/s1. The Balaban J connectivity index is 1.33. The second-order valence-electron chi connectivity index (χ2n) is 7.91. The zero-order chi connectivity index (χ0) is 21.5. The molecule has 1 N–H and O–H groups in total. The van der Waals surface area contributed by atoms with Crippen LogP contribution in [-0.2, 0) is 6.54 Å². The maximum absolute atomic E-state index is 13.0. The van der Waals surface area contributed by atoms with Crippen molar-refractivity contribution in [3.8, 4) is 22.8 Å². The van der Waals surface area contributed by atoms with Gasteiger partial charge in [-0.05, 0) is 61.2 Å². The molecule has 2 aliphatic rings. The summed E-state index contributed by atoms with van der Waals surface area (Å²) in [5.41, 5.74) is 2.40. The number of hydrogen-bond acceptors (Lipinski definition) is 5. The molecule has 0 spiro atoms. The van der Waals surface area contributed by atoms with Gasteiger partial charge in [0.1, 0.15) is 12.4 Å². The molecule has 2 aromatic carbocycles. The van der Waals surface area contributed by atoms with Crippen LogP contribution in [0.2, 0.25) is 5.02 Å². The normalized spacial score (nSPS) is 16.4. The highest BCUT2D eigenvalue weighted by atomic mass is 35.5. The summed E-state index contributed by atoms with van der Waals surface area (Å²) >= 11 is 5.95. The van der Waals surface area contributed by atoms with Gasteiger partial charge in [0.15, 0.2) is 17.3 Å². The fourth-order valence-corrected chi connectivity index (χ4v) is 3.92. The number of anilines is 1. The molecule has 1 saturated carbocycles. The van der Waals surface area contributed by atoms with Gasteiger partial charge < -0.3 is 23.9 Å². The molecule has 1 aromatic heterocycles. The Morgan fingerprint density at radius 1 is 1.16 bits per heavy atom. The molecule has 31 heavy (non-hydrogen) atoms. The molecule has 0 bridgehead atoms. The average Bonchev–Trinajstić information content (AvgIpc) is 3.48. The van der Waals surface area contributed by atoms with Crippen LogP contribution >= 0.6 is 11.6 Å². The molecule has 160 valence electrons. The largest absolute Gasteiger partial charge is 0.493 e. The van der Waals surface area contributed by atoms with E-state index < -0.39 is 6.10 Å². The molecule has 1 atom stereocenters. The van der Waals surface area contributed by atoms with Gasteiger partial charge in [-0.15, -0.1) is 0 Å². The number of methoxy groups -OCH3 is 1. The fraction of sp³-hybridized carbons (Fsp3) is 0.292. The first-order chi connectivity index (χ1) is 15.0. The van der Waals surface area contributed by atoms with Crippen molar-refractivity contribution in [2.24, 2.45) is 5.92 Å². The SMILES string of the molecule is COc1cc(N2Cc3cc(-c4ccc(Cl)cc4)oc3C2=O)ccc1OC[C@H](O)C1CC1. The number of ether oxygens (including phenoxy) is 2. The molecule has 0 radical (unpaired) electrons. The van der Waals surface area contributed by atoms with E-state index in [0.29, 0.717) is 46.2 Å². The number of fused-ring (bicyclic) bond motifs is 1. The highest BCUT2D eigenvalue weighted by molar-refractivity contribution is 6.30. The van der Waals surface area contributed by atoms with Crippen molar-refractivity contribution in [2.45, 2.75) is 25.5 Å². The van der Waals surface area contributed by atoms with Crippen molar-refractivity contribution < 1.29 is 23.8 Å². The lowest BCUT2D eigenvalue weighted by molar-refractivity contribution is 0.0880. The van der Waals surface area contributed by atoms with E-state index in [1.165, 1.54) is 0 Å². The van der Waals surface area contributed by atoms with Crippen LogP contribution in [0.15, 0.2) is 52.9 Å². The number of nitrogens with zero attached hydrogens (tertiary/aromatic N) is 1. The predicted octanol–water partition coefficient (Wildman–Crippen LogP) is 4.92. The number of aliphatic hydroxyl groups excluding tert-OH is 1. The fourth-order valence-electron chi connectivity index (χ4n) is 3.79. The lowest BCUT2D eigenvalue weighted by Gasteiger charge is -2.19. The minimum absolute atomic E-state index is 0.199. The van der Waals surface area contributed by atoms with E-state index in [0.717, 1.165) is 24.0 Å². The van der Waals surface area contributed by atoms with Crippen LogP contribution in [0.3, 0.4) is 0 Å². The summed E-state index contributed by atoms with van der Waals surface area (Å²) in [7, 11) is 1.55. The molecule has 1 aliphatic carbocycles. The van der Waals surface area contributed by atoms with E-state index in [1.807, 2.05) is 24.3 Å². The topological polar surface area (TPSA) is 72.1 Å². The molecule has 1 amide bonds. The van der Waals surface area contributed by atoms with Gasteiger partial charge in [-0.3, -0.25) is 4.79 Å². The monoisotopic (exact) mass is 439 g/mol. The summed E-state index contributed by atoms with van der Waals surface area (Å²) in [5.74, 6) is 2.18. The molecule has 0 unspecified atom stereocenters. The Morgan fingerprint density at radius 3 is 2.61 bits per heavy atom. The van der Waals surface area contributed by atoms with Crippen molar-refractivity contribution in [1.82, 2.24) is 0 Å². The maximum atomic E-state index is 13.0. The molecule has 2 heterocycles. The minimum atomic E-state index is -0.463. The number of furan rings is 1. The Labute approximate surface area is 184 Å². The molecule has 1 aliphatic heterocycles. The Morgan fingerprint density at radius 2 is 1.94 bits per heavy atom. The van der Waals surface area contributed by atoms with Gasteiger partial charge in [0.05, 0.1) is 19.8 Å². The number of aliphatic hydroxyl groups is 1. The quantitative estimate of drug-likeness (QED) is 0.565. The predicted molar refractivity (Wildman–Crippen MR) is 117 cm³/mol. The first-order valence-electron chi connectivity index (χ1n) is 10.2. The molecule has 7 heteroatoms. The van der Waals surface area contributed by atoms with Crippen molar-refractivity contribution in [1.29, 1.82) is 0 Å². The summed E-state index contributed by atoms with van der Waals surface area (Å²) in [6.45, 7) is 0.639. The maximum Gasteiger partial charge on any atom is 0.294 e. The van der Waals surface area contributed by atoms with E-state index in [2.05, 4.69) is 0 Å². The molecule has 6 nitrogen and oxygen atoms in total. The molecule has 0 saturated heterocycles. The summed E-state index contributed by atoms with van der Waals surface area (Å²) in [5, 5.41) is 10.7. The van der Waals surface area contributed by atoms with E-state index >= 15 is 0 Å². The summed E-state index contributed by atoms with van der Waals surface area (Å²) in [4.78, 5) is 14.6. The van der Waals surface area contributed by atoms with Crippen LogP contribution in [0.5, 0.6) is 11.5 Å². The van der Waals surface area contributed by atoms with Crippen molar-refractivity contribution in [2.75, 3.05) is 18.6 Å². The van der Waals surface area contributed by atoms with Crippen molar-refractivity contribution >= 4 is 23.2 Å². The first kappa shape index (κ1) is 20.0. The lowest BCUT2D eigenvalue weighted by atomic mass is 10.1. The number of carbonyl (C=O) groups excluding carboxylic acids is 1. The highest BCUT2D eigenvalue weighted by Gasteiger charge is 2.34. The number of carbonyl (C=O) groups is 1. The van der Waals surface area contributed by atoms with Gasteiger partial charge in [-0.1, -0.05) is 11.6 Å². The smallest absolute Gasteiger partial charge is 0.294 e. The first-order valence-corrected chi connectivity index (χ1v) is 10.6. The summed E-state index contributed by atoms with van der Waals surface area (Å²) in [6.07, 6.45) is 1.63. The summed E-state index contributed by atoms with van der Waals surface area (Å²) < 4.78 is 17.1. The van der Waals surface area contributed by atoms with Crippen molar-refractivity contribution in [3.05, 3.63) is 64.9 Å². The number of rotatable bonds is 7. The third kappa shape index (κ3) is 3.89. The Kier molecular flexibility index (Phi) is 5.12. The number of hydrogen-bond donors (Lipinski definition) is 1. The Bertz CT molecular complexity index is 1120. The van der Waals surface area contributed by atoms with Crippen LogP contribution in [-0.4, -0.2) is 30.8 Å². The molecular weight excluding hydrogens is 418 g/mol. The lowest BCUT2D eigenvalue weighted by Crippen LogP contribution is -2.23. The third-order valence-electron chi connectivity index (χ3n) is 5.74. The van der Waals surface area contributed by atoms with E-state index in [9.17, 15) is 9.90 Å². The third-order valence-corrected chi connectivity index (χ3v) is 5.99. The van der Waals surface area contributed by atoms with Crippen LogP contribution in [0.25, 0.3) is 11.3 Å². The minimum Gasteiger partial charge on any atom is -0.493 e. The zero-order valence-corrected chi connectivity index (χ0v) is 17.8. The van der Waals surface area contributed by atoms with Gasteiger partial charge in [0.2, 0.25) is 0 Å². The van der Waals surface area contributed by atoms with Gasteiger partial charge in [-0.25, -0.2) is 0 Å². The number of halogens is 1. The van der Waals surface area contributed by atoms with E-state index in [4.69, 9.17) is 25.5 Å². The van der Waals surface area contributed by atoms with Crippen LogP contribution in [0.4, 0.5) is 5.69 Å². The molecule has 1 fully saturated rings. The van der Waals surface area contributed by atoms with Gasteiger partial charge in [0, 0.05) is 27.9 Å². The van der Waals surface area contributed by atoms with Gasteiger partial charge in [0.25, 0.3) is 5.91 Å². The van der Waals surface area contributed by atoms with E-state index in [1.54, 1.807) is 36.3 Å². The van der Waals surface area contributed by atoms with Gasteiger partial charge in [-0.2, -0.15) is 0 Å². The molecule has 3 aromatic rings. The average molecular weight is 440 g/mol. The molecule has 5 rings (SSSR count). The van der Waals surface area contributed by atoms with Crippen LogP contribution in [0.1, 0.15) is 29.0 Å². The molecular formula is C24H22ClNO5. The number of amides is 1. The van der Waals surface area contributed by atoms with Gasteiger partial charge >= 0.3 is 0 Å². The van der Waals surface area contributed by atoms with Crippen molar-refractivity contribution in [3.63, 3.8) is 0 Å². The second-order valence-corrected chi connectivity index (χ2v) is 8.35. The second kappa shape index (κ2) is 7.94. The Hall–Kier alpha value is -2.96. The van der Waals surface area contributed by atoms with Crippen LogP contribution in [0, 0.1) is 5.92 Å². The zero-order valence-electron chi connectivity index (χ0n) is 17.0. The van der Waals surface area contributed by atoms with E-state index in [-0.39, 0.29) is 12.5 Å².